The SMILES string of the molecule is CCOc1cc(/C=C(/C#N)C(=O)Nc2ccccc2C)cc(Br)c1OCc1ccc([N+](=O)[O-])cc1. The fourth-order valence-corrected chi connectivity index (χ4v) is 3.74. The third-order valence-corrected chi connectivity index (χ3v) is 5.52. The van der Waals surface area contributed by atoms with Crippen molar-refractivity contribution in [2.45, 2.75) is 20.5 Å². The maximum absolute atomic E-state index is 12.7. The largest absolute Gasteiger partial charge is 0.490 e. The molecule has 0 bridgehead atoms. The average Bonchev–Trinajstić information content (AvgIpc) is 2.83. The molecule has 0 fully saturated rings. The van der Waals surface area contributed by atoms with E-state index in [-0.39, 0.29) is 17.9 Å². The number of benzene rings is 3. The lowest BCUT2D eigenvalue weighted by atomic mass is 10.1. The van der Waals surface area contributed by atoms with Gasteiger partial charge in [-0.25, -0.2) is 0 Å². The number of nitriles is 1. The van der Waals surface area contributed by atoms with Gasteiger partial charge in [-0.15, -0.1) is 0 Å². The van der Waals surface area contributed by atoms with Crippen molar-refractivity contribution in [2.75, 3.05) is 11.9 Å². The van der Waals surface area contributed by atoms with Crippen molar-refractivity contribution < 1.29 is 19.2 Å². The number of nitrogens with one attached hydrogen (secondary N) is 1. The first kappa shape index (κ1) is 25.5. The molecule has 0 aromatic heterocycles. The Hall–Kier alpha value is -4.16. The lowest BCUT2D eigenvalue weighted by molar-refractivity contribution is -0.384. The Bertz CT molecular complexity index is 1310. The number of carbonyl (C=O) groups is 1. The zero-order chi connectivity index (χ0) is 25.4. The smallest absolute Gasteiger partial charge is 0.269 e. The van der Waals surface area contributed by atoms with E-state index in [4.69, 9.17) is 9.47 Å². The zero-order valence-corrected chi connectivity index (χ0v) is 20.7. The molecule has 178 valence electrons. The minimum atomic E-state index is -0.519. The Morgan fingerprint density at radius 1 is 1.17 bits per heavy atom. The van der Waals surface area contributed by atoms with E-state index in [1.807, 2.05) is 32.0 Å². The second kappa shape index (κ2) is 11.8. The number of halogens is 1. The van der Waals surface area contributed by atoms with Gasteiger partial charge in [0.15, 0.2) is 11.5 Å². The normalized spacial score (nSPS) is 10.9. The summed E-state index contributed by atoms with van der Waals surface area (Å²) in [5, 5.41) is 23.2. The number of non-ortho nitro benzene ring substituents is 1. The minimum absolute atomic E-state index is 0.000773. The highest BCUT2D eigenvalue weighted by Gasteiger charge is 2.15. The number of amides is 1. The zero-order valence-electron chi connectivity index (χ0n) is 19.1. The van der Waals surface area contributed by atoms with E-state index in [0.717, 1.165) is 11.1 Å². The molecular formula is C26H22BrN3O5. The van der Waals surface area contributed by atoms with Gasteiger partial charge in [-0.1, -0.05) is 18.2 Å². The monoisotopic (exact) mass is 535 g/mol. The third kappa shape index (κ3) is 6.68. The highest BCUT2D eigenvalue weighted by molar-refractivity contribution is 9.10. The van der Waals surface area contributed by atoms with Gasteiger partial charge in [-0.2, -0.15) is 5.26 Å². The number of ether oxygens (including phenoxy) is 2. The summed E-state index contributed by atoms with van der Waals surface area (Å²) in [6, 6.07) is 18.7. The summed E-state index contributed by atoms with van der Waals surface area (Å²) < 4.78 is 12.2. The Kier molecular flexibility index (Phi) is 8.59. The van der Waals surface area contributed by atoms with Crippen LogP contribution in [0.1, 0.15) is 23.6 Å². The van der Waals surface area contributed by atoms with E-state index in [1.54, 1.807) is 36.4 Å². The highest BCUT2D eigenvalue weighted by Crippen LogP contribution is 2.38. The lowest BCUT2D eigenvalue weighted by Gasteiger charge is -2.15. The van der Waals surface area contributed by atoms with Crippen LogP contribution < -0.4 is 14.8 Å². The first-order valence-electron chi connectivity index (χ1n) is 10.6. The number of carbonyl (C=O) groups excluding carboxylic acids is 1. The molecule has 0 saturated heterocycles. The number of hydrogen-bond donors (Lipinski definition) is 1. The Balaban J connectivity index is 1.83. The molecular weight excluding hydrogens is 514 g/mol. The summed E-state index contributed by atoms with van der Waals surface area (Å²) in [5.74, 6) is 0.339. The van der Waals surface area contributed by atoms with E-state index in [0.29, 0.717) is 33.8 Å². The Morgan fingerprint density at radius 2 is 1.89 bits per heavy atom. The average molecular weight is 536 g/mol. The molecule has 1 N–H and O–H groups in total. The number of nitrogens with zero attached hydrogens (tertiary/aromatic N) is 2. The number of nitro groups is 1. The molecule has 0 aliphatic heterocycles. The van der Waals surface area contributed by atoms with Gasteiger partial charge in [0.1, 0.15) is 18.2 Å². The molecule has 0 radical (unpaired) electrons. The molecule has 0 aliphatic carbocycles. The lowest BCUT2D eigenvalue weighted by Crippen LogP contribution is -2.14. The fourth-order valence-electron chi connectivity index (χ4n) is 3.16. The molecule has 9 heteroatoms. The van der Waals surface area contributed by atoms with E-state index in [2.05, 4.69) is 21.2 Å². The predicted octanol–water partition coefficient (Wildman–Crippen LogP) is 6.19. The van der Waals surface area contributed by atoms with Crippen LogP contribution in [0.2, 0.25) is 0 Å². The minimum Gasteiger partial charge on any atom is -0.490 e. The fraction of sp³-hybridized carbons (Fsp3) is 0.154. The number of nitro benzene ring substituents is 1. The molecule has 0 unspecified atom stereocenters. The van der Waals surface area contributed by atoms with Crippen molar-refractivity contribution >= 4 is 39.3 Å². The van der Waals surface area contributed by atoms with Crippen LogP contribution in [0.15, 0.2) is 70.7 Å². The van der Waals surface area contributed by atoms with E-state index in [9.17, 15) is 20.2 Å². The van der Waals surface area contributed by atoms with Crippen LogP contribution in [0.25, 0.3) is 6.08 Å². The molecule has 0 saturated carbocycles. The summed E-state index contributed by atoms with van der Waals surface area (Å²) in [7, 11) is 0. The highest BCUT2D eigenvalue weighted by atomic mass is 79.9. The molecule has 0 aliphatic rings. The summed E-state index contributed by atoms with van der Waals surface area (Å²) in [6.07, 6.45) is 1.47. The second-order valence-electron chi connectivity index (χ2n) is 7.41. The number of hydrogen-bond acceptors (Lipinski definition) is 6. The first-order valence-corrected chi connectivity index (χ1v) is 11.4. The first-order chi connectivity index (χ1) is 16.8. The number of aryl methyl sites for hydroxylation is 1. The van der Waals surface area contributed by atoms with E-state index < -0.39 is 10.8 Å². The topological polar surface area (TPSA) is 114 Å². The maximum Gasteiger partial charge on any atom is 0.269 e. The second-order valence-corrected chi connectivity index (χ2v) is 8.27. The van der Waals surface area contributed by atoms with Crippen molar-refractivity contribution in [2.24, 2.45) is 0 Å². The maximum atomic E-state index is 12.7. The van der Waals surface area contributed by atoms with Gasteiger partial charge in [0, 0.05) is 17.8 Å². The number of rotatable bonds is 9. The van der Waals surface area contributed by atoms with Gasteiger partial charge in [-0.05, 0) is 82.9 Å². The van der Waals surface area contributed by atoms with Crippen LogP contribution in [0.5, 0.6) is 11.5 Å². The molecule has 1 amide bonds. The summed E-state index contributed by atoms with van der Waals surface area (Å²) in [4.78, 5) is 23.0. The molecule has 0 spiro atoms. The van der Waals surface area contributed by atoms with Crippen molar-refractivity contribution in [3.05, 3.63) is 97.5 Å². The molecule has 3 aromatic carbocycles. The standard InChI is InChI=1S/C26H22BrN3O5/c1-3-34-24-14-19(12-20(15-28)26(31)29-23-7-5-4-6-17(23)2)13-22(27)25(24)35-16-18-8-10-21(11-9-18)30(32)33/h4-14H,3,16H2,1-2H3,(H,29,31)/b20-12-. The summed E-state index contributed by atoms with van der Waals surface area (Å²) in [5.41, 5.74) is 2.76. The van der Waals surface area contributed by atoms with Crippen LogP contribution in [0.3, 0.4) is 0 Å². The quantitative estimate of drug-likeness (QED) is 0.151. The van der Waals surface area contributed by atoms with Gasteiger partial charge in [0.25, 0.3) is 11.6 Å². The van der Waals surface area contributed by atoms with Gasteiger partial charge in [0.05, 0.1) is 16.0 Å². The molecule has 3 rings (SSSR count). The van der Waals surface area contributed by atoms with E-state index in [1.165, 1.54) is 18.2 Å². The van der Waals surface area contributed by atoms with E-state index >= 15 is 0 Å². The summed E-state index contributed by atoms with van der Waals surface area (Å²) in [6.45, 7) is 4.22. The molecule has 8 nitrogen and oxygen atoms in total. The predicted molar refractivity (Wildman–Crippen MR) is 136 cm³/mol. The van der Waals surface area contributed by atoms with Crippen molar-refractivity contribution in [3.8, 4) is 17.6 Å². The van der Waals surface area contributed by atoms with Gasteiger partial charge in [-0.3, -0.25) is 14.9 Å². The third-order valence-electron chi connectivity index (χ3n) is 4.93. The van der Waals surface area contributed by atoms with Crippen LogP contribution in [-0.2, 0) is 11.4 Å². The Morgan fingerprint density at radius 3 is 2.51 bits per heavy atom. The van der Waals surface area contributed by atoms with Crippen molar-refractivity contribution in [3.63, 3.8) is 0 Å². The van der Waals surface area contributed by atoms with Gasteiger partial charge >= 0.3 is 0 Å². The van der Waals surface area contributed by atoms with Gasteiger partial charge < -0.3 is 14.8 Å². The van der Waals surface area contributed by atoms with Crippen molar-refractivity contribution in [1.82, 2.24) is 0 Å². The van der Waals surface area contributed by atoms with Gasteiger partial charge in [0.2, 0.25) is 0 Å². The molecule has 0 heterocycles. The molecule has 0 atom stereocenters. The van der Waals surface area contributed by atoms with Crippen LogP contribution >= 0.6 is 15.9 Å². The van der Waals surface area contributed by atoms with Crippen LogP contribution in [-0.4, -0.2) is 17.4 Å². The molecule has 35 heavy (non-hydrogen) atoms. The van der Waals surface area contributed by atoms with Crippen LogP contribution in [0, 0.1) is 28.4 Å². The number of anilines is 1. The molecule has 3 aromatic rings. The van der Waals surface area contributed by atoms with Crippen LogP contribution in [0.4, 0.5) is 11.4 Å². The Labute approximate surface area is 211 Å². The number of para-hydroxylation sites is 1. The van der Waals surface area contributed by atoms with Crippen molar-refractivity contribution in [1.29, 1.82) is 5.26 Å². The summed E-state index contributed by atoms with van der Waals surface area (Å²) >= 11 is 3.48.